The SMILES string of the molecule is [C-]1=CC=CC1.[CH3-].[I-].[I-].[I-].[Ti+3]. The topological polar surface area (TPSA) is 0 Å². The fourth-order valence-electron chi connectivity index (χ4n) is 0.340. The van der Waals surface area contributed by atoms with Gasteiger partial charge in [-0.25, -0.2) is 12.2 Å². The third kappa shape index (κ3) is 16.8. The van der Waals surface area contributed by atoms with Gasteiger partial charge in [0.05, 0.1) is 0 Å². The Bertz CT molecular complexity index is 71.1. The molecular weight excluding hydrogens is 501 g/mol. The van der Waals surface area contributed by atoms with Crippen molar-refractivity contribution in [2.24, 2.45) is 0 Å². The largest absolute Gasteiger partial charge is 3.00 e. The zero-order valence-electron chi connectivity index (χ0n) is 5.57. The summed E-state index contributed by atoms with van der Waals surface area (Å²) >= 11 is 0. The van der Waals surface area contributed by atoms with E-state index >= 15 is 0 Å². The minimum Gasteiger partial charge on any atom is -1.00 e. The standard InChI is InChI=1S/C5H5.CH3.3HI.Ti/c1-2-4-5-3-1;;;;;/h1-3H,4H2;1H3;3*1H;/q2*-1;;;;+3/p-3. The van der Waals surface area contributed by atoms with Crippen LogP contribution in [0.1, 0.15) is 6.42 Å². The van der Waals surface area contributed by atoms with Crippen LogP contribution in [-0.4, -0.2) is 0 Å². The molecule has 0 fully saturated rings. The molecule has 0 unspecified atom stereocenters. The van der Waals surface area contributed by atoms with Gasteiger partial charge < -0.3 is 79.4 Å². The van der Waals surface area contributed by atoms with Crippen LogP contribution in [0.5, 0.6) is 0 Å². The van der Waals surface area contributed by atoms with E-state index < -0.39 is 0 Å². The van der Waals surface area contributed by atoms with Gasteiger partial charge in [-0.1, -0.05) is 0 Å². The van der Waals surface area contributed by atoms with Crippen LogP contribution < -0.4 is 71.9 Å². The molecule has 0 N–H and O–H groups in total. The summed E-state index contributed by atoms with van der Waals surface area (Å²) in [6.45, 7) is 0. The van der Waals surface area contributed by atoms with Crippen LogP contribution >= 0.6 is 0 Å². The van der Waals surface area contributed by atoms with Crippen molar-refractivity contribution >= 4 is 0 Å². The van der Waals surface area contributed by atoms with Crippen LogP contribution in [-0.2, 0) is 21.7 Å². The van der Waals surface area contributed by atoms with Gasteiger partial charge in [0.2, 0.25) is 0 Å². The van der Waals surface area contributed by atoms with Crippen molar-refractivity contribution in [2.45, 2.75) is 6.42 Å². The fourth-order valence-corrected chi connectivity index (χ4v) is 0.340. The number of hydrogen-bond acceptors (Lipinski definition) is 0. The molecule has 0 amide bonds. The maximum atomic E-state index is 2.99. The second kappa shape index (κ2) is 22.5. The summed E-state index contributed by atoms with van der Waals surface area (Å²) in [7, 11) is 0. The molecule has 1 aliphatic carbocycles. The number of halogens is 3. The van der Waals surface area contributed by atoms with Crippen LogP contribution in [0.15, 0.2) is 18.2 Å². The monoisotopic (exact) mass is 509 g/mol. The van der Waals surface area contributed by atoms with Crippen LogP contribution in [0.2, 0.25) is 0 Å². The van der Waals surface area contributed by atoms with E-state index in [9.17, 15) is 0 Å². The molecule has 0 atom stereocenters. The minimum absolute atomic E-state index is 0. The average molecular weight is 509 g/mol. The summed E-state index contributed by atoms with van der Waals surface area (Å²) in [4.78, 5) is 0. The molecule has 59 valence electrons. The molecule has 0 aliphatic heterocycles. The Balaban J connectivity index is -0.0000000167. The molecule has 0 saturated carbocycles. The van der Waals surface area contributed by atoms with Crippen molar-refractivity contribution in [1.29, 1.82) is 0 Å². The van der Waals surface area contributed by atoms with Gasteiger partial charge in [0.25, 0.3) is 0 Å². The maximum Gasteiger partial charge on any atom is 3.00 e. The van der Waals surface area contributed by atoms with E-state index in [-0.39, 0.29) is 101 Å². The smallest absolute Gasteiger partial charge is 1.00 e. The number of rotatable bonds is 0. The molecule has 1 rings (SSSR count). The van der Waals surface area contributed by atoms with Gasteiger partial charge in [0, 0.05) is 0 Å². The summed E-state index contributed by atoms with van der Waals surface area (Å²) in [6.07, 6.45) is 10.0. The van der Waals surface area contributed by atoms with E-state index in [1.807, 2.05) is 12.2 Å². The molecule has 0 aromatic carbocycles. The predicted molar refractivity (Wildman–Crippen MR) is 28.0 cm³/mol. The summed E-state index contributed by atoms with van der Waals surface area (Å²) in [5.74, 6) is 0. The Morgan fingerprint density at radius 3 is 1.70 bits per heavy atom. The quantitative estimate of drug-likeness (QED) is 0.173. The van der Waals surface area contributed by atoms with Crippen molar-refractivity contribution in [3.63, 3.8) is 0 Å². The summed E-state index contributed by atoms with van der Waals surface area (Å²) in [5, 5.41) is 0. The van der Waals surface area contributed by atoms with E-state index in [0.29, 0.717) is 0 Å². The summed E-state index contributed by atoms with van der Waals surface area (Å²) in [6, 6.07) is 0. The second-order valence-electron chi connectivity index (χ2n) is 1.00. The molecule has 0 aromatic rings. The Morgan fingerprint density at radius 2 is 1.60 bits per heavy atom. The molecule has 0 aromatic heterocycles. The average Bonchev–Trinajstić information content (AvgIpc) is 1.76. The normalized spacial score (nSPS) is 8.80. The van der Waals surface area contributed by atoms with E-state index in [4.69, 9.17) is 0 Å². The van der Waals surface area contributed by atoms with Crippen molar-refractivity contribution in [3.8, 4) is 0 Å². The van der Waals surface area contributed by atoms with Crippen LogP contribution in [0.25, 0.3) is 0 Å². The first-order valence-electron chi connectivity index (χ1n) is 1.72. The fraction of sp³-hybridized carbons (Fsp3) is 0.167. The zero-order valence-corrected chi connectivity index (χ0v) is 13.6. The van der Waals surface area contributed by atoms with Crippen LogP contribution in [0.4, 0.5) is 0 Å². The molecule has 0 nitrogen and oxygen atoms in total. The zero-order chi connectivity index (χ0) is 3.54. The van der Waals surface area contributed by atoms with Gasteiger partial charge in [0.1, 0.15) is 0 Å². The third-order valence-corrected chi connectivity index (χ3v) is 0.586. The molecule has 0 spiro atoms. The molecule has 1 aliphatic rings. The molecule has 1 radical (unpaired) electrons. The van der Waals surface area contributed by atoms with Crippen molar-refractivity contribution < 1.29 is 93.6 Å². The van der Waals surface area contributed by atoms with E-state index in [0.717, 1.165) is 6.42 Å². The predicted octanol–water partition coefficient (Wildman–Crippen LogP) is -7.23. The van der Waals surface area contributed by atoms with E-state index in [1.165, 1.54) is 0 Å². The van der Waals surface area contributed by atoms with E-state index in [2.05, 4.69) is 12.2 Å². The van der Waals surface area contributed by atoms with Gasteiger partial charge in [0.15, 0.2) is 0 Å². The Labute approximate surface area is 130 Å². The van der Waals surface area contributed by atoms with Gasteiger partial charge in [-0.15, -0.1) is 6.42 Å². The minimum atomic E-state index is 0. The molecule has 10 heavy (non-hydrogen) atoms. The Kier molecular flexibility index (Phi) is 66.3. The van der Waals surface area contributed by atoms with E-state index in [1.54, 1.807) is 0 Å². The van der Waals surface area contributed by atoms with Crippen molar-refractivity contribution in [1.82, 2.24) is 0 Å². The second-order valence-corrected chi connectivity index (χ2v) is 1.00. The molecule has 0 bridgehead atoms. The van der Waals surface area contributed by atoms with Crippen LogP contribution in [0, 0.1) is 13.5 Å². The molecular formula is C6H8I3Ti-2. The first-order chi connectivity index (χ1) is 2.50. The Morgan fingerprint density at radius 1 is 1.10 bits per heavy atom. The summed E-state index contributed by atoms with van der Waals surface area (Å²) < 4.78 is 0. The number of allylic oxidation sites excluding steroid dienone is 4. The van der Waals surface area contributed by atoms with Gasteiger partial charge in [-0.05, 0) is 0 Å². The van der Waals surface area contributed by atoms with Crippen molar-refractivity contribution in [2.75, 3.05) is 0 Å². The van der Waals surface area contributed by atoms with Gasteiger partial charge in [-0.3, -0.25) is 6.08 Å². The first kappa shape index (κ1) is 29.4. The van der Waals surface area contributed by atoms with Crippen LogP contribution in [0.3, 0.4) is 0 Å². The summed E-state index contributed by atoms with van der Waals surface area (Å²) in [5.41, 5.74) is 0. The third-order valence-electron chi connectivity index (χ3n) is 0.586. The first-order valence-corrected chi connectivity index (χ1v) is 1.72. The Hall–Kier alpha value is 2.38. The molecule has 0 heterocycles. The molecule has 4 heteroatoms. The maximum absolute atomic E-state index is 2.99. The van der Waals surface area contributed by atoms with Gasteiger partial charge >= 0.3 is 21.7 Å². The number of hydrogen-bond donors (Lipinski definition) is 0. The van der Waals surface area contributed by atoms with Gasteiger partial charge in [-0.2, -0.15) is 6.08 Å². The molecule has 0 saturated heterocycles. The van der Waals surface area contributed by atoms with Crippen molar-refractivity contribution in [3.05, 3.63) is 31.7 Å².